The third kappa shape index (κ3) is 5.00. The van der Waals surface area contributed by atoms with Gasteiger partial charge >= 0.3 is 0 Å². The monoisotopic (exact) mass is 404 g/mol. The largest absolute Gasteiger partial charge is 0.399 e. The maximum absolute atomic E-state index is 5.86. The lowest BCUT2D eigenvalue weighted by molar-refractivity contribution is 0.324. The van der Waals surface area contributed by atoms with Crippen LogP contribution in [-0.2, 0) is 6.54 Å². The van der Waals surface area contributed by atoms with E-state index >= 15 is 0 Å². The summed E-state index contributed by atoms with van der Waals surface area (Å²) >= 11 is 0. The number of nitrogens with one attached hydrogen (secondary N) is 2. The van der Waals surface area contributed by atoms with Gasteiger partial charge in [0.15, 0.2) is 0 Å². The van der Waals surface area contributed by atoms with Gasteiger partial charge in [-0.25, -0.2) is 4.98 Å². The minimum atomic E-state index is 0.436. The summed E-state index contributed by atoms with van der Waals surface area (Å²) in [4.78, 5) is 11.6. The van der Waals surface area contributed by atoms with E-state index < -0.39 is 0 Å². The van der Waals surface area contributed by atoms with Crippen LogP contribution in [0.15, 0.2) is 48.5 Å². The number of rotatable bonds is 7. The fourth-order valence-corrected chi connectivity index (χ4v) is 4.28. The fourth-order valence-electron chi connectivity index (χ4n) is 4.28. The topological polar surface area (TPSA) is 79.1 Å². The Balaban J connectivity index is 1.29. The summed E-state index contributed by atoms with van der Waals surface area (Å²) in [6, 6.07) is 16.7. The summed E-state index contributed by atoms with van der Waals surface area (Å²) in [6.45, 7) is 1.93. The van der Waals surface area contributed by atoms with Crippen LogP contribution in [0.5, 0.6) is 0 Å². The van der Waals surface area contributed by atoms with Crippen molar-refractivity contribution in [3.63, 3.8) is 0 Å². The van der Waals surface area contributed by atoms with E-state index in [1.165, 1.54) is 18.4 Å². The van der Waals surface area contributed by atoms with Crippen LogP contribution in [0.3, 0.4) is 0 Å². The van der Waals surface area contributed by atoms with Crippen LogP contribution in [-0.4, -0.2) is 36.6 Å². The van der Waals surface area contributed by atoms with Crippen molar-refractivity contribution >= 4 is 28.4 Å². The first-order chi connectivity index (χ1) is 14.6. The van der Waals surface area contributed by atoms with Crippen LogP contribution in [0.4, 0.5) is 17.5 Å². The molecule has 0 saturated heterocycles. The van der Waals surface area contributed by atoms with Gasteiger partial charge < -0.3 is 21.3 Å². The van der Waals surface area contributed by atoms with Crippen molar-refractivity contribution in [2.45, 2.75) is 38.3 Å². The number of fused-ring (bicyclic) bond motifs is 1. The van der Waals surface area contributed by atoms with Gasteiger partial charge in [-0.15, -0.1) is 0 Å². The highest BCUT2D eigenvalue weighted by Gasteiger charge is 2.22. The molecule has 6 nitrogen and oxygen atoms in total. The molecule has 1 fully saturated rings. The van der Waals surface area contributed by atoms with Gasteiger partial charge in [-0.1, -0.05) is 24.3 Å². The quantitative estimate of drug-likeness (QED) is 0.516. The average molecular weight is 405 g/mol. The predicted octanol–water partition coefficient (Wildman–Crippen LogP) is 4.04. The molecule has 4 rings (SSSR count). The third-order valence-corrected chi connectivity index (χ3v) is 5.90. The zero-order valence-electron chi connectivity index (χ0n) is 17.9. The first kappa shape index (κ1) is 20.4. The third-order valence-electron chi connectivity index (χ3n) is 5.90. The molecular formula is C24H32N6. The number of anilines is 3. The van der Waals surface area contributed by atoms with Gasteiger partial charge in [0, 0.05) is 37.8 Å². The molecule has 1 aliphatic carbocycles. The maximum Gasteiger partial charge on any atom is 0.225 e. The molecule has 1 aliphatic rings. The summed E-state index contributed by atoms with van der Waals surface area (Å²) < 4.78 is 0. The van der Waals surface area contributed by atoms with Gasteiger partial charge in [0.2, 0.25) is 5.95 Å². The maximum atomic E-state index is 5.86. The van der Waals surface area contributed by atoms with Crippen molar-refractivity contribution in [1.29, 1.82) is 0 Å². The minimum Gasteiger partial charge on any atom is -0.399 e. The number of aromatic nitrogens is 2. The molecule has 0 bridgehead atoms. The summed E-state index contributed by atoms with van der Waals surface area (Å²) in [5.74, 6) is 2.42. The lowest BCUT2D eigenvalue weighted by Crippen LogP contribution is -2.31. The van der Waals surface area contributed by atoms with Gasteiger partial charge in [-0.3, -0.25) is 0 Å². The summed E-state index contributed by atoms with van der Waals surface area (Å²) in [5.41, 5.74) is 8.92. The number of nitrogens with zero attached hydrogens (tertiary/aromatic N) is 3. The Morgan fingerprint density at radius 3 is 2.57 bits per heavy atom. The Morgan fingerprint density at radius 1 is 1.00 bits per heavy atom. The number of nitrogens with two attached hydrogens (primary N) is 1. The van der Waals surface area contributed by atoms with Crippen molar-refractivity contribution in [3.8, 4) is 0 Å². The zero-order chi connectivity index (χ0) is 20.9. The molecular weight excluding hydrogens is 372 g/mol. The van der Waals surface area contributed by atoms with E-state index in [0.29, 0.717) is 6.04 Å². The van der Waals surface area contributed by atoms with Crippen LogP contribution in [0.25, 0.3) is 10.9 Å². The Hall–Kier alpha value is -2.86. The molecule has 0 spiro atoms. The van der Waals surface area contributed by atoms with Crippen molar-refractivity contribution in [3.05, 3.63) is 54.1 Å². The van der Waals surface area contributed by atoms with E-state index in [1.807, 2.05) is 44.4 Å². The normalized spacial score (nSPS) is 19.0. The van der Waals surface area contributed by atoms with Crippen LogP contribution >= 0.6 is 0 Å². The average Bonchev–Trinajstić information content (AvgIpc) is 2.74. The smallest absolute Gasteiger partial charge is 0.225 e. The van der Waals surface area contributed by atoms with Crippen molar-refractivity contribution < 1.29 is 0 Å². The van der Waals surface area contributed by atoms with Crippen molar-refractivity contribution in [2.75, 3.05) is 36.6 Å². The lowest BCUT2D eigenvalue weighted by Gasteiger charge is -2.29. The molecule has 6 heteroatoms. The highest BCUT2D eigenvalue weighted by Crippen LogP contribution is 2.28. The molecule has 1 aromatic heterocycles. The molecule has 2 aromatic carbocycles. The molecule has 30 heavy (non-hydrogen) atoms. The van der Waals surface area contributed by atoms with Crippen LogP contribution in [0, 0.1) is 5.92 Å². The molecule has 1 heterocycles. The van der Waals surface area contributed by atoms with Gasteiger partial charge in [0.1, 0.15) is 5.82 Å². The first-order valence-corrected chi connectivity index (χ1v) is 10.8. The Morgan fingerprint density at radius 2 is 1.80 bits per heavy atom. The predicted molar refractivity (Wildman–Crippen MR) is 126 cm³/mol. The van der Waals surface area contributed by atoms with E-state index in [2.05, 4.69) is 33.7 Å². The van der Waals surface area contributed by atoms with E-state index in [4.69, 9.17) is 15.7 Å². The second-order valence-electron chi connectivity index (χ2n) is 8.52. The second kappa shape index (κ2) is 9.30. The molecule has 0 aliphatic heterocycles. The number of para-hydroxylation sites is 1. The van der Waals surface area contributed by atoms with E-state index in [1.54, 1.807) is 0 Å². The van der Waals surface area contributed by atoms with E-state index in [-0.39, 0.29) is 0 Å². The number of hydrogen-bond donors (Lipinski definition) is 3. The Labute approximate surface area is 178 Å². The number of benzene rings is 2. The molecule has 4 N–H and O–H groups in total. The summed E-state index contributed by atoms with van der Waals surface area (Å²) in [7, 11) is 4.06. The molecule has 3 aromatic rings. The highest BCUT2D eigenvalue weighted by atomic mass is 15.2. The van der Waals surface area contributed by atoms with Crippen LogP contribution < -0.4 is 21.3 Å². The number of hydrogen-bond acceptors (Lipinski definition) is 6. The Kier molecular flexibility index (Phi) is 6.33. The van der Waals surface area contributed by atoms with E-state index in [9.17, 15) is 0 Å². The zero-order valence-corrected chi connectivity index (χ0v) is 17.9. The number of nitrogen functional groups attached to an aromatic ring is 1. The molecule has 0 amide bonds. The summed E-state index contributed by atoms with van der Waals surface area (Å²) in [5, 5.41) is 8.28. The van der Waals surface area contributed by atoms with Gasteiger partial charge in [0.05, 0.1) is 5.52 Å². The SMILES string of the molecule is CN(C)c1nc(NC2CCC(CNCc3cccc(N)c3)CC2)nc2ccccc12. The van der Waals surface area contributed by atoms with E-state index in [0.717, 1.165) is 60.2 Å². The standard InChI is InChI=1S/C24H32N6/c1-30(2)23-21-8-3-4-9-22(21)28-24(29-23)27-20-12-10-17(11-13-20)15-26-16-18-6-5-7-19(25)14-18/h3-9,14,17,20,26H,10-13,15-16,25H2,1-2H3,(H,27,28,29). The first-order valence-electron chi connectivity index (χ1n) is 10.8. The van der Waals surface area contributed by atoms with Gasteiger partial charge in [-0.05, 0) is 68.0 Å². The molecule has 1 saturated carbocycles. The van der Waals surface area contributed by atoms with Crippen molar-refractivity contribution in [1.82, 2.24) is 15.3 Å². The second-order valence-corrected chi connectivity index (χ2v) is 8.52. The highest BCUT2D eigenvalue weighted by molar-refractivity contribution is 5.90. The van der Waals surface area contributed by atoms with Gasteiger partial charge in [-0.2, -0.15) is 4.98 Å². The molecule has 0 unspecified atom stereocenters. The van der Waals surface area contributed by atoms with Gasteiger partial charge in [0.25, 0.3) is 0 Å². The summed E-state index contributed by atoms with van der Waals surface area (Å²) in [6.07, 6.45) is 4.74. The Bertz CT molecular complexity index is 978. The fraction of sp³-hybridized carbons (Fsp3) is 0.417. The lowest BCUT2D eigenvalue weighted by atomic mass is 9.86. The van der Waals surface area contributed by atoms with Crippen LogP contribution in [0.1, 0.15) is 31.2 Å². The van der Waals surface area contributed by atoms with Crippen molar-refractivity contribution in [2.24, 2.45) is 5.92 Å². The molecule has 0 radical (unpaired) electrons. The molecule has 158 valence electrons. The van der Waals surface area contributed by atoms with Crippen LogP contribution in [0.2, 0.25) is 0 Å². The molecule has 0 atom stereocenters. The minimum absolute atomic E-state index is 0.436.